The lowest BCUT2D eigenvalue weighted by Crippen LogP contribution is -2.39. The van der Waals surface area contributed by atoms with Gasteiger partial charge >= 0.3 is 5.97 Å². The highest BCUT2D eigenvalue weighted by Gasteiger charge is 2.32. The summed E-state index contributed by atoms with van der Waals surface area (Å²) >= 11 is 0. The van der Waals surface area contributed by atoms with Crippen molar-refractivity contribution >= 4 is 5.97 Å². The lowest BCUT2D eigenvalue weighted by Gasteiger charge is -2.37. The molecule has 0 radical (unpaired) electrons. The van der Waals surface area contributed by atoms with Crippen molar-refractivity contribution in [3.05, 3.63) is 59.4 Å². The Bertz CT molecular complexity index is 803. The van der Waals surface area contributed by atoms with E-state index < -0.39 is 5.97 Å². The van der Waals surface area contributed by atoms with E-state index in [1.165, 1.54) is 12.1 Å². The fraction of sp³-hybridized carbons (Fsp3) is 0.381. The van der Waals surface area contributed by atoms with E-state index >= 15 is 0 Å². The van der Waals surface area contributed by atoms with Gasteiger partial charge in [0.15, 0.2) is 11.5 Å². The van der Waals surface area contributed by atoms with Gasteiger partial charge in [-0.25, -0.2) is 4.39 Å². The highest BCUT2D eigenvalue weighted by molar-refractivity contribution is 5.70. The third kappa shape index (κ3) is 4.06. The SMILES string of the molecule is COc1cccc(C(c2cccc(F)c2)N2CCC(C(=O)O)CC2)c1OC. The molecule has 0 bridgehead atoms. The maximum atomic E-state index is 14.0. The number of carbonyl (C=O) groups is 1. The number of methoxy groups -OCH3 is 2. The van der Waals surface area contributed by atoms with E-state index in [1.807, 2.05) is 24.3 Å². The molecule has 0 amide bonds. The summed E-state index contributed by atoms with van der Waals surface area (Å²) in [6, 6.07) is 11.9. The smallest absolute Gasteiger partial charge is 0.306 e. The third-order valence-corrected chi connectivity index (χ3v) is 5.14. The number of carboxylic acid groups (broad SMARTS) is 1. The third-order valence-electron chi connectivity index (χ3n) is 5.14. The monoisotopic (exact) mass is 373 g/mol. The van der Waals surface area contributed by atoms with Crippen molar-refractivity contribution in [1.82, 2.24) is 4.90 Å². The average molecular weight is 373 g/mol. The number of halogens is 1. The second-order valence-corrected chi connectivity index (χ2v) is 6.69. The average Bonchev–Trinajstić information content (AvgIpc) is 2.68. The zero-order chi connectivity index (χ0) is 19.4. The normalized spacial score (nSPS) is 16.7. The summed E-state index contributed by atoms with van der Waals surface area (Å²) in [7, 11) is 3.16. The van der Waals surface area contributed by atoms with E-state index in [-0.39, 0.29) is 17.8 Å². The predicted octanol–water partition coefficient (Wildman–Crippen LogP) is 3.73. The molecular formula is C21H24FNO4. The maximum Gasteiger partial charge on any atom is 0.306 e. The molecule has 0 saturated carbocycles. The highest BCUT2D eigenvalue weighted by Crippen LogP contribution is 2.41. The molecule has 6 heteroatoms. The van der Waals surface area contributed by atoms with Crippen LogP contribution in [0.4, 0.5) is 4.39 Å². The Morgan fingerprint density at radius 2 is 1.85 bits per heavy atom. The molecule has 2 aromatic carbocycles. The number of rotatable bonds is 6. The van der Waals surface area contributed by atoms with Gasteiger partial charge in [0.2, 0.25) is 0 Å². The van der Waals surface area contributed by atoms with Gasteiger partial charge in [0.05, 0.1) is 26.2 Å². The first-order valence-electron chi connectivity index (χ1n) is 8.98. The molecule has 2 aromatic rings. The Hall–Kier alpha value is -2.60. The summed E-state index contributed by atoms with van der Waals surface area (Å²) in [6.45, 7) is 1.22. The largest absolute Gasteiger partial charge is 0.493 e. The number of piperidine rings is 1. The molecule has 3 rings (SSSR count). The van der Waals surface area contributed by atoms with E-state index in [9.17, 15) is 14.3 Å². The number of hydrogen-bond donors (Lipinski definition) is 1. The summed E-state index contributed by atoms with van der Waals surface area (Å²) in [4.78, 5) is 13.5. The lowest BCUT2D eigenvalue weighted by molar-refractivity contribution is -0.143. The molecule has 1 saturated heterocycles. The summed E-state index contributed by atoms with van der Waals surface area (Å²) in [6.07, 6.45) is 1.13. The van der Waals surface area contributed by atoms with Gasteiger partial charge < -0.3 is 14.6 Å². The molecule has 1 atom stereocenters. The van der Waals surface area contributed by atoms with E-state index in [0.717, 1.165) is 11.1 Å². The zero-order valence-corrected chi connectivity index (χ0v) is 15.5. The number of para-hydroxylation sites is 1. The standard InChI is InChI=1S/C21H24FNO4/c1-26-18-8-4-7-17(20(18)27-2)19(15-5-3-6-16(22)13-15)23-11-9-14(10-12-23)21(24)25/h3-8,13-14,19H,9-12H2,1-2H3,(H,24,25). The van der Waals surface area contributed by atoms with Gasteiger partial charge in [-0.15, -0.1) is 0 Å². The van der Waals surface area contributed by atoms with Crippen molar-refractivity contribution in [2.75, 3.05) is 27.3 Å². The van der Waals surface area contributed by atoms with Crippen LogP contribution in [0.2, 0.25) is 0 Å². The Morgan fingerprint density at radius 1 is 1.15 bits per heavy atom. The van der Waals surface area contributed by atoms with Gasteiger partial charge in [0.1, 0.15) is 5.82 Å². The first kappa shape index (κ1) is 19.2. The van der Waals surface area contributed by atoms with E-state index in [2.05, 4.69) is 4.90 Å². The van der Waals surface area contributed by atoms with Crippen LogP contribution >= 0.6 is 0 Å². The number of ether oxygens (including phenoxy) is 2. The fourth-order valence-electron chi connectivity index (χ4n) is 3.80. The van der Waals surface area contributed by atoms with Crippen LogP contribution in [0.1, 0.15) is 30.0 Å². The minimum Gasteiger partial charge on any atom is -0.493 e. The molecule has 1 unspecified atom stereocenters. The van der Waals surface area contributed by atoms with E-state index in [0.29, 0.717) is 37.4 Å². The fourth-order valence-corrected chi connectivity index (χ4v) is 3.80. The molecule has 27 heavy (non-hydrogen) atoms. The molecule has 1 fully saturated rings. The van der Waals surface area contributed by atoms with Crippen LogP contribution < -0.4 is 9.47 Å². The van der Waals surface area contributed by atoms with Gasteiger partial charge in [-0.3, -0.25) is 9.69 Å². The molecule has 1 aliphatic rings. The van der Waals surface area contributed by atoms with Crippen molar-refractivity contribution in [3.8, 4) is 11.5 Å². The molecule has 1 aliphatic heterocycles. The molecule has 0 spiro atoms. The molecule has 144 valence electrons. The Kier molecular flexibility index (Phi) is 5.96. The van der Waals surface area contributed by atoms with Crippen LogP contribution in [-0.2, 0) is 4.79 Å². The zero-order valence-electron chi connectivity index (χ0n) is 15.5. The summed E-state index contributed by atoms with van der Waals surface area (Å²) in [5.41, 5.74) is 1.67. The number of hydrogen-bond acceptors (Lipinski definition) is 4. The van der Waals surface area contributed by atoms with Crippen molar-refractivity contribution in [3.63, 3.8) is 0 Å². The quantitative estimate of drug-likeness (QED) is 0.836. The maximum absolute atomic E-state index is 14.0. The number of nitrogens with zero attached hydrogens (tertiary/aromatic N) is 1. The van der Waals surface area contributed by atoms with Gasteiger partial charge in [-0.1, -0.05) is 24.3 Å². The topological polar surface area (TPSA) is 59.0 Å². The number of carboxylic acids is 1. The second kappa shape index (κ2) is 8.39. The molecule has 5 nitrogen and oxygen atoms in total. The molecule has 1 N–H and O–H groups in total. The Morgan fingerprint density at radius 3 is 2.44 bits per heavy atom. The van der Waals surface area contributed by atoms with Crippen LogP contribution in [-0.4, -0.2) is 43.3 Å². The van der Waals surface area contributed by atoms with Crippen molar-refractivity contribution in [2.24, 2.45) is 5.92 Å². The minimum atomic E-state index is -0.754. The molecular weight excluding hydrogens is 349 g/mol. The van der Waals surface area contributed by atoms with Crippen LogP contribution in [0.3, 0.4) is 0 Å². The van der Waals surface area contributed by atoms with Crippen molar-refractivity contribution < 1.29 is 23.8 Å². The van der Waals surface area contributed by atoms with Crippen molar-refractivity contribution in [1.29, 1.82) is 0 Å². The number of likely N-dealkylation sites (tertiary alicyclic amines) is 1. The molecule has 0 aromatic heterocycles. The summed E-state index contributed by atoms with van der Waals surface area (Å²) in [5.74, 6) is -0.177. The summed E-state index contributed by atoms with van der Waals surface area (Å²) < 4.78 is 25.0. The number of benzene rings is 2. The molecule has 0 aliphatic carbocycles. The Labute approximate surface area is 158 Å². The van der Waals surface area contributed by atoms with Gasteiger partial charge in [0, 0.05) is 5.56 Å². The predicted molar refractivity (Wildman–Crippen MR) is 99.7 cm³/mol. The van der Waals surface area contributed by atoms with Crippen LogP contribution in [0.25, 0.3) is 0 Å². The Balaban J connectivity index is 2.03. The highest BCUT2D eigenvalue weighted by atomic mass is 19.1. The van der Waals surface area contributed by atoms with Gasteiger partial charge in [-0.05, 0) is 49.7 Å². The lowest BCUT2D eigenvalue weighted by atomic mass is 9.90. The van der Waals surface area contributed by atoms with Gasteiger partial charge in [0.25, 0.3) is 0 Å². The van der Waals surface area contributed by atoms with Crippen LogP contribution in [0, 0.1) is 11.7 Å². The van der Waals surface area contributed by atoms with E-state index in [4.69, 9.17) is 9.47 Å². The number of aliphatic carboxylic acids is 1. The van der Waals surface area contributed by atoms with Crippen molar-refractivity contribution in [2.45, 2.75) is 18.9 Å². The van der Waals surface area contributed by atoms with E-state index in [1.54, 1.807) is 20.3 Å². The second-order valence-electron chi connectivity index (χ2n) is 6.69. The minimum absolute atomic E-state index is 0.250. The van der Waals surface area contributed by atoms with Crippen LogP contribution in [0.15, 0.2) is 42.5 Å². The van der Waals surface area contributed by atoms with Gasteiger partial charge in [-0.2, -0.15) is 0 Å². The summed E-state index contributed by atoms with van der Waals surface area (Å²) in [5, 5.41) is 9.28. The first-order chi connectivity index (χ1) is 13.0. The van der Waals surface area contributed by atoms with Crippen LogP contribution in [0.5, 0.6) is 11.5 Å². The first-order valence-corrected chi connectivity index (χ1v) is 8.98. The molecule has 1 heterocycles.